The molecule has 3 nitrogen and oxygen atoms in total. The van der Waals surface area contributed by atoms with Crippen LogP contribution in [0.15, 0.2) is 212 Å². The molecule has 340 valence electrons. The predicted octanol–water partition coefficient (Wildman–Crippen LogP) is 15.6. The minimum atomic E-state index is -5.07. The van der Waals surface area contributed by atoms with E-state index >= 15 is 0 Å². The Morgan fingerprint density at radius 1 is 0.357 bits per heavy atom. The van der Waals surface area contributed by atoms with Gasteiger partial charge < -0.3 is 0 Å². The van der Waals surface area contributed by atoms with E-state index in [1.54, 1.807) is 12.1 Å². The molecule has 0 amide bonds. The third kappa shape index (κ3) is 7.64. The zero-order valence-corrected chi connectivity index (χ0v) is 37.2. The molecule has 0 N–H and O–H groups in total. The monoisotopic (exact) mass is 927 g/mol. The van der Waals surface area contributed by atoms with E-state index in [2.05, 4.69) is 97.1 Å². The number of benzene rings is 7. The fourth-order valence-corrected chi connectivity index (χ4v) is 10.0. The highest BCUT2D eigenvalue weighted by atomic mass is 19.4. The van der Waals surface area contributed by atoms with E-state index in [-0.39, 0.29) is 17.2 Å². The molecule has 0 atom stereocenters. The van der Waals surface area contributed by atoms with Crippen LogP contribution in [0.2, 0.25) is 0 Å². The van der Waals surface area contributed by atoms with Crippen molar-refractivity contribution >= 4 is 54.8 Å². The molecule has 3 aromatic heterocycles. The van der Waals surface area contributed by atoms with Crippen molar-refractivity contribution in [1.82, 2.24) is 14.1 Å². The highest BCUT2D eigenvalue weighted by Gasteiger charge is 2.37. The molecule has 0 spiro atoms. The highest BCUT2D eigenvalue weighted by molar-refractivity contribution is 6.12. The van der Waals surface area contributed by atoms with Crippen LogP contribution in [0.4, 0.5) is 26.3 Å². The van der Waals surface area contributed by atoms with Gasteiger partial charge in [-0.25, -0.2) is 4.98 Å². The van der Waals surface area contributed by atoms with Gasteiger partial charge in [-0.2, -0.15) is 26.3 Å². The molecule has 2 aliphatic rings. The largest absolute Gasteiger partial charge is 0.416 e. The summed E-state index contributed by atoms with van der Waals surface area (Å²) in [7, 11) is 0. The van der Waals surface area contributed by atoms with Crippen molar-refractivity contribution in [3.05, 3.63) is 234 Å². The molecule has 0 saturated heterocycles. The summed E-state index contributed by atoms with van der Waals surface area (Å²) in [6, 6.07) is 49.7. The van der Waals surface area contributed by atoms with Crippen molar-refractivity contribution in [1.29, 1.82) is 0 Å². The second-order valence-corrected chi connectivity index (χ2v) is 17.7. The fraction of sp³-hybridized carbons (Fsp3) is 0.0656. The minimum absolute atomic E-state index is 0.122. The number of pyridine rings is 1. The first-order chi connectivity index (χ1) is 33.9. The Hall–Kier alpha value is -8.43. The lowest BCUT2D eigenvalue weighted by Crippen LogP contribution is -2.11. The fourth-order valence-electron chi connectivity index (χ4n) is 10.0. The van der Waals surface area contributed by atoms with Crippen molar-refractivity contribution in [2.45, 2.75) is 25.2 Å². The van der Waals surface area contributed by atoms with Gasteiger partial charge in [-0.3, -0.25) is 9.13 Å². The quantitative estimate of drug-likeness (QED) is 0.158. The summed E-state index contributed by atoms with van der Waals surface area (Å²) in [6.45, 7) is 0. The van der Waals surface area contributed by atoms with Crippen LogP contribution in [-0.4, -0.2) is 14.1 Å². The molecule has 7 aromatic carbocycles. The number of halogens is 6. The van der Waals surface area contributed by atoms with Gasteiger partial charge in [-0.05, 0) is 122 Å². The van der Waals surface area contributed by atoms with Gasteiger partial charge >= 0.3 is 12.4 Å². The molecule has 10 aromatic rings. The van der Waals surface area contributed by atoms with Crippen molar-refractivity contribution in [2.24, 2.45) is 0 Å². The molecule has 12 rings (SSSR count). The number of aromatic nitrogens is 3. The number of hydrogen-bond donors (Lipinski definition) is 0. The van der Waals surface area contributed by atoms with Gasteiger partial charge in [0.25, 0.3) is 0 Å². The van der Waals surface area contributed by atoms with Crippen LogP contribution < -0.4 is 10.4 Å². The lowest BCUT2D eigenvalue weighted by atomic mass is 9.99. The van der Waals surface area contributed by atoms with Crippen LogP contribution in [0.1, 0.15) is 24.0 Å². The summed E-state index contributed by atoms with van der Waals surface area (Å²) in [5, 5.41) is 5.56. The maximum atomic E-state index is 14.7. The molecule has 3 heterocycles. The molecule has 0 saturated carbocycles. The summed E-state index contributed by atoms with van der Waals surface area (Å²) in [4.78, 5) is 5.49. The number of hydrogen-bond acceptors (Lipinski definition) is 1. The molecule has 0 fully saturated rings. The standard InChI is InChI=1S/C61H39F6N3/c62-60(63,64)48-29-46(30-49(37-48)61(65,66)67)47-35-58(69-54-31-42(38-13-5-1-6-14-38)21-25-50(54)51-26-22-43(32-55(51)69)39-15-7-2-8-16-39)68-59(36-47)70-56-33-44(40-17-9-3-10-18-40)23-27-52(56)53-28-24-45(34-57(53)70)41-19-11-4-12-20-41/h1-17,19,21-37H,18,20H2. The summed E-state index contributed by atoms with van der Waals surface area (Å²) in [5.74, 6) is 0.620. The van der Waals surface area contributed by atoms with Crippen LogP contribution in [0.3, 0.4) is 0 Å². The van der Waals surface area contributed by atoms with E-state index < -0.39 is 23.5 Å². The average molecular weight is 928 g/mol. The topological polar surface area (TPSA) is 22.8 Å². The second kappa shape index (κ2) is 16.7. The second-order valence-electron chi connectivity index (χ2n) is 17.7. The molecule has 70 heavy (non-hydrogen) atoms. The van der Waals surface area contributed by atoms with Gasteiger partial charge in [0.2, 0.25) is 0 Å². The van der Waals surface area contributed by atoms with Gasteiger partial charge in [-0.15, -0.1) is 0 Å². The molecule has 9 heteroatoms. The smallest absolute Gasteiger partial charge is 0.294 e. The average Bonchev–Trinajstić information content (AvgIpc) is 3.90. The summed E-state index contributed by atoms with van der Waals surface area (Å²) in [5.41, 5.74) is 6.08. The summed E-state index contributed by atoms with van der Waals surface area (Å²) >= 11 is 0. The molecule has 0 radical (unpaired) electrons. The van der Waals surface area contributed by atoms with Crippen molar-refractivity contribution < 1.29 is 26.3 Å². The molecular weight excluding hydrogens is 889 g/mol. The lowest BCUT2D eigenvalue weighted by Gasteiger charge is -2.17. The highest BCUT2D eigenvalue weighted by Crippen LogP contribution is 2.42. The van der Waals surface area contributed by atoms with Crippen molar-refractivity contribution in [2.75, 3.05) is 0 Å². The van der Waals surface area contributed by atoms with E-state index in [0.29, 0.717) is 24.5 Å². The first-order valence-corrected chi connectivity index (χ1v) is 22.9. The predicted molar refractivity (Wildman–Crippen MR) is 271 cm³/mol. The van der Waals surface area contributed by atoms with Gasteiger partial charge in [0, 0.05) is 21.5 Å². The van der Waals surface area contributed by atoms with Gasteiger partial charge in [0.1, 0.15) is 11.6 Å². The first kappa shape index (κ1) is 42.9. The Morgan fingerprint density at radius 3 is 1.16 bits per heavy atom. The number of rotatable bonds is 5. The molecule has 2 aliphatic carbocycles. The number of alkyl halides is 6. The van der Waals surface area contributed by atoms with E-state index in [1.807, 2.05) is 94.1 Å². The third-order valence-electron chi connectivity index (χ3n) is 13.4. The van der Waals surface area contributed by atoms with Crippen LogP contribution in [-0.2, 0) is 12.4 Å². The van der Waals surface area contributed by atoms with Crippen LogP contribution in [0.25, 0.3) is 99.8 Å². The van der Waals surface area contributed by atoms with E-state index in [0.717, 1.165) is 99.6 Å². The Morgan fingerprint density at radius 2 is 0.757 bits per heavy atom. The van der Waals surface area contributed by atoms with Crippen LogP contribution >= 0.6 is 0 Å². The van der Waals surface area contributed by atoms with Gasteiger partial charge in [0.05, 0.1) is 33.2 Å². The zero-order chi connectivity index (χ0) is 47.7. The van der Waals surface area contributed by atoms with E-state index in [1.165, 1.54) is 0 Å². The zero-order valence-electron chi connectivity index (χ0n) is 37.2. The molecular formula is C61H39F6N3. The van der Waals surface area contributed by atoms with Crippen LogP contribution in [0, 0.1) is 0 Å². The molecule has 0 unspecified atom stereocenters. The van der Waals surface area contributed by atoms with Gasteiger partial charge in [-0.1, -0.05) is 158 Å². The summed E-state index contributed by atoms with van der Waals surface area (Å²) in [6.07, 6.45) is 7.61. The van der Waals surface area contributed by atoms with Crippen molar-refractivity contribution in [3.63, 3.8) is 0 Å². The first-order valence-electron chi connectivity index (χ1n) is 22.9. The summed E-state index contributed by atoms with van der Waals surface area (Å²) < 4.78 is 92.1. The Balaban J connectivity index is 1.23. The van der Waals surface area contributed by atoms with Crippen LogP contribution in [0.5, 0.6) is 0 Å². The van der Waals surface area contributed by atoms with E-state index in [9.17, 15) is 26.3 Å². The number of nitrogens with zero attached hydrogens (tertiary/aromatic N) is 3. The maximum absolute atomic E-state index is 14.7. The lowest BCUT2D eigenvalue weighted by molar-refractivity contribution is -0.143. The number of fused-ring (bicyclic) bond motifs is 6. The Kier molecular flexibility index (Phi) is 10.2. The third-order valence-corrected chi connectivity index (χ3v) is 13.4. The normalized spacial score (nSPS) is 15.6. The van der Waals surface area contributed by atoms with Gasteiger partial charge in [0.15, 0.2) is 0 Å². The Labute approximate surface area is 397 Å². The molecule has 0 bridgehead atoms. The SMILES string of the molecule is FC(F)(F)c1cc(-c2cc(-n3c4cc(-c5ccccc5)ccc4c4ccc(-c5ccccc5)cc43)nc(-n3c4cc(=C5C=CC=CC5)ccc4c4ccc(=C5C=CC=CC5)cc43)c2)cc(C(F)(F)F)c1. The maximum Gasteiger partial charge on any atom is 0.416 e. The Bertz CT molecular complexity index is 3790. The minimum Gasteiger partial charge on any atom is -0.294 e. The molecule has 0 aliphatic heterocycles. The van der Waals surface area contributed by atoms with Crippen molar-refractivity contribution in [3.8, 4) is 45.0 Å². The number of allylic oxidation sites excluding steroid dienone is 8. The van der Waals surface area contributed by atoms with E-state index in [4.69, 9.17) is 4.98 Å².